The lowest BCUT2D eigenvalue weighted by molar-refractivity contribution is 0.425. The second kappa shape index (κ2) is 18.7. The first-order chi connectivity index (χ1) is 36.2. The van der Waals surface area contributed by atoms with Crippen molar-refractivity contribution in [2.24, 2.45) is 0 Å². The fourth-order valence-electron chi connectivity index (χ4n) is 11.5. The Balaban J connectivity index is 0.000000127. The fourth-order valence-corrected chi connectivity index (χ4v) is 12.3. The molecule has 0 saturated heterocycles. The molecule has 352 valence electrons. The highest BCUT2D eigenvalue weighted by Gasteiger charge is 2.52. The molecule has 0 aromatic heterocycles. The Bertz CT molecular complexity index is 3870. The molecule has 2 N–H and O–H groups in total. The third-order valence-corrected chi connectivity index (χ3v) is 15.4. The summed E-state index contributed by atoms with van der Waals surface area (Å²) in [6.07, 6.45) is 0. The zero-order valence-corrected chi connectivity index (χ0v) is 42.2. The van der Waals surface area contributed by atoms with E-state index in [1.807, 2.05) is 84.9 Å². The number of rotatable bonds is 2. The van der Waals surface area contributed by atoms with Crippen molar-refractivity contribution in [1.82, 2.24) is 0 Å². The Morgan fingerprint density at radius 2 is 0.757 bits per heavy atom. The normalized spacial score (nSPS) is 13.3. The van der Waals surface area contributed by atoms with E-state index in [4.69, 9.17) is 48.0 Å². The Hall–Kier alpha value is -8.18. The highest BCUT2D eigenvalue weighted by molar-refractivity contribution is 9.10. The average molecular weight is 1060 g/mol. The predicted molar refractivity (Wildman–Crippen MR) is 296 cm³/mol. The van der Waals surface area contributed by atoms with Gasteiger partial charge in [-0.05, 0) is 140 Å². The summed E-state index contributed by atoms with van der Waals surface area (Å²) in [6.45, 7) is 0. The van der Waals surface area contributed by atoms with Crippen molar-refractivity contribution in [2.45, 2.75) is 10.8 Å². The second-order valence-corrected chi connectivity index (χ2v) is 20.0. The van der Waals surface area contributed by atoms with Crippen molar-refractivity contribution in [1.29, 1.82) is 10.5 Å². The van der Waals surface area contributed by atoms with Crippen molar-refractivity contribution in [2.75, 3.05) is 0 Å². The molecule has 0 radical (unpaired) electrons. The Morgan fingerprint density at radius 3 is 1.20 bits per heavy atom. The van der Waals surface area contributed by atoms with Gasteiger partial charge in [0.25, 0.3) is 0 Å². The molecular weight excluding hydrogens is 1020 g/mol. The summed E-state index contributed by atoms with van der Waals surface area (Å²) in [5, 5.41) is 37.1. The molecule has 0 fully saturated rings. The predicted octanol–water partition coefficient (Wildman–Crippen LogP) is 15.2. The van der Waals surface area contributed by atoms with Gasteiger partial charge in [-0.2, -0.15) is 10.5 Å². The summed E-state index contributed by atoms with van der Waals surface area (Å²) in [5.74, 6) is 3.35. The largest absolute Gasteiger partial charge is 0.489 e. The van der Waals surface area contributed by atoms with Crippen LogP contribution in [0.15, 0.2) is 223 Å². The van der Waals surface area contributed by atoms with E-state index in [1.165, 1.54) is 56.6 Å². The van der Waals surface area contributed by atoms with E-state index >= 15 is 0 Å². The van der Waals surface area contributed by atoms with Crippen molar-refractivity contribution < 1.29 is 19.5 Å². The Labute approximate surface area is 446 Å². The maximum atomic E-state index is 9.75. The molecule has 0 saturated carbocycles. The average Bonchev–Trinajstić information content (AvgIpc) is 3.94. The first-order valence-corrected chi connectivity index (χ1v) is 25.4. The molecule has 2 aliphatic heterocycles. The quantitative estimate of drug-likeness (QED) is 0.167. The van der Waals surface area contributed by atoms with Crippen molar-refractivity contribution in [3.05, 3.63) is 289 Å². The third kappa shape index (κ3) is 7.30. The summed E-state index contributed by atoms with van der Waals surface area (Å²) < 4.78 is 13.8. The molecule has 0 bridgehead atoms. The van der Waals surface area contributed by atoms with Gasteiger partial charge >= 0.3 is 7.12 Å². The van der Waals surface area contributed by atoms with Crippen LogP contribution in [0.2, 0.25) is 10.0 Å². The molecule has 10 aromatic rings. The van der Waals surface area contributed by atoms with Gasteiger partial charge in [-0.3, -0.25) is 0 Å². The monoisotopic (exact) mass is 1060 g/mol. The molecule has 2 aliphatic carbocycles. The van der Waals surface area contributed by atoms with Gasteiger partial charge in [0.1, 0.15) is 23.0 Å². The minimum absolute atomic E-state index is 0.245. The van der Waals surface area contributed by atoms with Crippen LogP contribution in [0.5, 0.6) is 23.0 Å². The minimum atomic E-state index is -1.56. The molecule has 10 aromatic carbocycles. The van der Waals surface area contributed by atoms with Gasteiger partial charge in [-0.15, -0.1) is 0 Å². The van der Waals surface area contributed by atoms with E-state index in [0.717, 1.165) is 60.9 Å². The number of benzene rings is 10. The zero-order chi connectivity index (χ0) is 50.7. The van der Waals surface area contributed by atoms with E-state index in [0.29, 0.717) is 21.2 Å². The smallest absolute Gasteiger partial charge is 0.457 e. The van der Waals surface area contributed by atoms with Gasteiger partial charge in [0.15, 0.2) is 0 Å². The molecule has 2 heterocycles. The van der Waals surface area contributed by atoms with E-state index in [1.54, 1.807) is 12.1 Å². The first kappa shape index (κ1) is 46.9. The Kier molecular flexibility index (Phi) is 11.8. The van der Waals surface area contributed by atoms with E-state index in [9.17, 15) is 5.26 Å². The third-order valence-electron chi connectivity index (χ3n) is 14.5. The highest BCUT2D eigenvalue weighted by atomic mass is 79.9. The molecule has 14 rings (SSSR count). The molecule has 0 unspecified atom stereocenters. The number of nitrogens with zero attached hydrogens (tertiary/aromatic N) is 2. The molecule has 0 atom stereocenters. The van der Waals surface area contributed by atoms with Crippen LogP contribution < -0.4 is 14.9 Å². The number of hydrogen-bond acceptors (Lipinski definition) is 6. The lowest BCUT2D eigenvalue weighted by atomic mass is 9.65. The molecule has 0 amide bonds. The zero-order valence-electron chi connectivity index (χ0n) is 39.1. The van der Waals surface area contributed by atoms with Crippen LogP contribution >= 0.6 is 39.1 Å². The fraction of sp³-hybridized carbons (Fsp3) is 0.0312. The Morgan fingerprint density at radius 1 is 0.392 bits per heavy atom. The standard InChI is InChI=1S/C32H18ClNO.C25H14BrClO.C7H6BNO2/c33-22-14-16-31-29(18-22)32(26-11-5-3-9-24(26)25-10-4-6-12-27(25)32)28-17-20(13-15-30(28)35-31)23-8-2-1-7-21(23)19-34;26-15-9-11-23-21(13-15)25(22-14-16(27)10-12-24(22)28-23)19-7-3-1-5-17(19)18-6-2-4-8-20(18)25;9-5-6-3-1-2-4-7(6)8(10)11/h1-18H;1-14H;1-4,10-11H. The summed E-state index contributed by atoms with van der Waals surface area (Å²) in [6, 6.07) is 77.1. The minimum Gasteiger partial charge on any atom is -0.457 e. The number of halogens is 3. The van der Waals surface area contributed by atoms with E-state index < -0.39 is 17.9 Å². The van der Waals surface area contributed by atoms with E-state index in [2.05, 4.69) is 137 Å². The van der Waals surface area contributed by atoms with Crippen LogP contribution in [-0.2, 0) is 10.8 Å². The maximum Gasteiger partial charge on any atom is 0.489 e. The SMILES string of the molecule is Clc1ccc2c(c1)C1(c3cc(Br)ccc3O2)c2ccccc2-c2ccccc21.N#Cc1ccccc1-c1ccc2c(c1)C1(c3cc(Cl)ccc3O2)c2ccccc2-c2ccccc21.N#Cc1ccccc1B(O)O. The number of nitriles is 2. The topological polar surface area (TPSA) is 106 Å². The van der Waals surface area contributed by atoms with E-state index in [-0.39, 0.29) is 5.46 Å². The lowest BCUT2D eigenvalue weighted by Crippen LogP contribution is -2.32. The van der Waals surface area contributed by atoms with Gasteiger partial charge in [-0.1, -0.05) is 179 Å². The van der Waals surface area contributed by atoms with Crippen LogP contribution in [0, 0.1) is 22.7 Å². The van der Waals surface area contributed by atoms with Crippen LogP contribution in [0.4, 0.5) is 0 Å². The van der Waals surface area contributed by atoms with Gasteiger partial charge in [0.05, 0.1) is 34.1 Å². The molecule has 6 nitrogen and oxygen atoms in total. The van der Waals surface area contributed by atoms with Crippen molar-refractivity contribution in [3.63, 3.8) is 0 Å². The molecular formula is C64H38BBrCl2N2O4. The van der Waals surface area contributed by atoms with Gasteiger partial charge < -0.3 is 19.5 Å². The van der Waals surface area contributed by atoms with Gasteiger partial charge in [-0.25, -0.2) is 0 Å². The molecule has 4 aliphatic rings. The summed E-state index contributed by atoms with van der Waals surface area (Å²) in [7, 11) is -1.56. The van der Waals surface area contributed by atoms with Crippen molar-refractivity contribution in [3.8, 4) is 68.5 Å². The number of hydrogen-bond donors (Lipinski definition) is 2. The number of fused-ring (bicyclic) bond motifs is 18. The van der Waals surface area contributed by atoms with Crippen LogP contribution in [0.1, 0.15) is 55.6 Å². The number of ether oxygens (including phenoxy) is 2. The van der Waals surface area contributed by atoms with Crippen LogP contribution in [0.25, 0.3) is 33.4 Å². The second-order valence-electron chi connectivity index (χ2n) is 18.2. The summed E-state index contributed by atoms with van der Waals surface area (Å²) in [5.41, 5.74) is 16.2. The summed E-state index contributed by atoms with van der Waals surface area (Å²) in [4.78, 5) is 0. The van der Waals surface area contributed by atoms with Crippen molar-refractivity contribution >= 4 is 51.7 Å². The molecule has 10 heteroatoms. The lowest BCUT2D eigenvalue weighted by Gasteiger charge is -2.39. The van der Waals surface area contributed by atoms with Gasteiger partial charge in [0, 0.05) is 36.8 Å². The maximum absolute atomic E-state index is 9.75. The van der Waals surface area contributed by atoms with Gasteiger partial charge in [0.2, 0.25) is 0 Å². The molecule has 2 spiro atoms. The molecule has 74 heavy (non-hydrogen) atoms. The summed E-state index contributed by atoms with van der Waals surface area (Å²) >= 11 is 16.8. The van der Waals surface area contributed by atoms with Crippen LogP contribution in [-0.4, -0.2) is 17.2 Å². The van der Waals surface area contributed by atoms with Crippen LogP contribution in [0.3, 0.4) is 0 Å². The first-order valence-electron chi connectivity index (χ1n) is 23.8. The highest BCUT2D eigenvalue weighted by Crippen LogP contribution is 2.64.